The van der Waals surface area contributed by atoms with E-state index in [0.717, 1.165) is 5.56 Å². The summed E-state index contributed by atoms with van der Waals surface area (Å²) >= 11 is 0. The van der Waals surface area contributed by atoms with E-state index in [1.54, 1.807) is 0 Å². The third-order valence-electron chi connectivity index (χ3n) is 2.76. The van der Waals surface area contributed by atoms with Crippen molar-refractivity contribution in [1.29, 1.82) is 0 Å². The van der Waals surface area contributed by atoms with Crippen LogP contribution in [0.2, 0.25) is 0 Å². The van der Waals surface area contributed by atoms with Crippen LogP contribution >= 0.6 is 0 Å². The Morgan fingerprint density at radius 2 is 1.78 bits per heavy atom. The molecule has 0 aliphatic heterocycles. The summed E-state index contributed by atoms with van der Waals surface area (Å²) in [6, 6.07) is 9.16. The highest BCUT2D eigenvalue weighted by Crippen LogP contribution is 2.22. The van der Waals surface area contributed by atoms with Gasteiger partial charge in [-0.3, -0.25) is 4.79 Å². The van der Waals surface area contributed by atoms with Gasteiger partial charge in [-0.25, -0.2) is 0 Å². The lowest BCUT2D eigenvalue weighted by atomic mass is 9.87. The Bertz CT molecular complexity index is 398. The summed E-state index contributed by atoms with van der Waals surface area (Å²) in [5.41, 5.74) is 10.9. The highest BCUT2D eigenvalue weighted by atomic mass is 16.5. The number of carbonyl (C=O) groups is 1. The number of benzene rings is 1. The number of primary amides is 1. The summed E-state index contributed by atoms with van der Waals surface area (Å²) in [4.78, 5) is 11.6. The fourth-order valence-corrected chi connectivity index (χ4v) is 1.66. The standard InChI is InChI=1S/C14H22N2O2/c1-13(2,3)18-10-9-14(16,12(15)17)11-7-5-4-6-8-11/h4-8H,9-10,16H2,1-3H3,(H2,15,17). The topological polar surface area (TPSA) is 78.3 Å². The SMILES string of the molecule is CC(C)(C)OCCC(N)(C(N)=O)c1ccccc1. The molecule has 1 aromatic carbocycles. The number of hydrogen-bond acceptors (Lipinski definition) is 3. The maximum absolute atomic E-state index is 11.6. The minimum atomic E-state index is -1.17. The molecule has 0 saturated carbocycles. The Morgan fingerprint density at radius 1 is 1.22 bits per heavy atom. The van der Waals surface area contributed by atoms with Crippen LogP contribution in [0.25, 0.3) is 0 Å². The van der Waals surface area contributed by atoms with Crippen molar-refractivity contribution in [3.05, 3.63) is 35.9 Å². The highest BCUT2D eigenvalue weighted by Gasteiger charge is 2.34. The van der Waals surface area contributed by atoms with Crippen LogP contribution in [0, 0.1) is 0 Å². The fourth-order valence-electron chi connectivity index (χ4n) is 1.66. The van der Waals surface area contributed by atoms with Crippen molar-refractivity contribution in [2.45, 2.75) is 38.3 Å². The molecule has 4 heteroatoms. The molecule has 18 heavy (non-hydrogen) atoms. The molecule has 4 nitrogen and oxygen atoms in total. The van der Waals surface area contributed by atoms with E-state index in [2.05, 4.69) is 0 Å². The van der Waals surface area contributed by atoms with E-state index >= 15 is 0 Å². The van der Waals surface area contributed by atoms with E-state index in [-0.39, 0.29) is 5.60 Å². The molecule has 1 amide bonds. The van der Waals surface area contributed by atoms with E-state index < -0.39 is 11.4 Å². The van der Waals surface area contributed by atoms with Gasteiger partial charge >= 0.3 is 0 Å². The van der Waals surface area contributed by atoms with Crippen LogP contribution in [0.3, 0.4) is 0 Å². The van der Waals surface area contributed by atoms with Crippen molar-refractivity contribution in [3.63, 3.8) is 0 Å². The second-order valence-electron chi connectivity index (χ2n) is 5.41. The Labute approximate surface area is 108 Å². The number of nitrogens with two attached hydrogens (primary N) is 2. The summed E-state index contributed by atoms with van der Waals surface area (Å²) in [5.74, 6) is -0.536. The first-order valence-corrected chi connectivity index (χ1v) is 6.04. The quantitative estimate of drug-likeness (QED) is 0.831. The van der Waals surface area contributed by atoms with E-state index in [1.807, 2.05) is 51.1 Å². The third kappa shape index (κ3) is 3.82. The molecule has 0 aromatic heterocycles. The second-order valence-corrected chi connectivity index (χ2v) is 5.41. The third-order valence-corrected chi connectivity index (χ3v) is 2.76. The summed E-state index contributed by atoms with van der Waals surface area (Å²) in [5, 5.41) is 0. The van der Waals surface area contributed by atoms with Gasteiger partial charge in [0.1, 0.15) is 5.54 Å². The normalized spacial score (nSPS) is 15.1. The molecule has 0 bridgehead atoms. The van der Waals surface area contributed by atoms with Gasteiger partial charge in [0.15, 0.2) is 0 Å². The zero-order chi connectivity index (χ0) is 13.8. The van der Waals surface area contributed by atoms with Gasteiger partial charge in [-0.05, 0) is 26.3 Å². The van der Waals surface area contributed by atoms with Crippen molar-refractivity contribution < 1.29 is 9.53 Å². The molecular formula is C14H22N2O2. The maximum Gasteiger partial charge on any atom is 0.242 e. The Hall–Kier alpha value is -1.39. The zero-order valence-electron chi connectivity index (χ0n) is 11.3. The lowest BCUT2D eigenvalue weighted by molar-refractivity contribution is -0.124. The Balaban J connectivity index is 2.80. The maximum atomic E-state index is 11.6. The van der Waals surface area contributed by atoms with Gasteiger partial charge in [0.25, 0.3) is 0 Å². The molecule has 1 aromatic rings. The first-order chi connectivity index (χ1) is 8.26. The van der Waals surface area contributed by atoms with Crippen LogP contribution in [0.1, 0.15) is 32.8 Å². The first-order valence-electron chi connectivity index (χ1n) is 6.04. The molecule has 0 radical (unpaired) electrons. The molecule has 0 fully saturated rings. The molecule has 4 N–H and O–H groups in total. The number of ether oxygens (including phenoxy) is 1. The van der Waals surface area contributed by atoms with Crippen molar-refractivity contribution in [2.24, 2.45) is 11.5 Å². The van der Waals surface area contributed by atoms with Gasteiger partial charge in [-0.2, -0.15) is 0 Å². The molecule has 0 saturated heterocycles. The van der Waals surface area contributed by atoms with Crippen molar-refractivity contribution >= 4 is 5.91 Å². The number of hydrogen-bond donors (Lipinski definition) is 2. The lowest BCUT2D eigenvalue weighted by Crippen LogP contribution is -2.50. The van der Waals surface area contributed by atoms with Gasteiger partial charge in [-0.15, -0.1) is 0 Å². The van der Waals surface area contributed by atoms with Crippen LogP contribution in [0.4, 0.5) is 0 Å². The molecule has 100 valence electrons. The predicted octanol–water partition coefficient (Wildman–Crippen LogP) is 1.53. The molecule has 1 rings (SSSR count). The van der Waals surface area contributed by atoms with Crippen molar-refractivity contribution in [1.82, 2.24) is 0 Å². The van der Waals surface area contributed by atoms with Gasteiger partial charge < -0.3 is 16.2 Å². The fraction of sp³-hybridized carbons (Fsp3) is 0.500. The molecule has 0 aliphatic rings. The summed E-state index contributed by atoms with van der Waals surface area (Å²) in [7, 11) is 0. The summed E-state index contributed by atoms with van der Waals surface area (Å²) in [6.45, 7) is 6.26. The van der Waals surface area contributed by atoms with Gasteiger partial charge in [0, 0.05) is 13.0 Å². The second kappa shape index (κ2) is 5.50. The first kappa shape index (κ1) is 14.7. The zero-order valence-corrected chi connectivity index (χ0v) is 11.3. The van der Waals surface area contributed by atoms with E-state index in [0.29, 0.717) is 13.0 Å². The number of carbonyl (C=O) groups excluding carboxylic acids is 1. The minimum absolute atomic E-state index is 0.255. The molecule has 0 heterocycles. The van der Waals surface area contributed by atoms with E-state index in [1.165, 1.54) is 0 Å². The largest absolute Gasteiger partial charge is 0.376 e. The lowest BCUT2D eigenvalue weighted by Gasteiger charge is -2.28. The van der Waals surface area contributed by atoms with Crippen LogP contribution in [0.15, 0.2) is 30.3 Å². The van der Waals surface area contributed by atoms with Crippen molar-refractivity contribution in [3.8, 4) is 0 Å². The molecule has 1 unspecified atom stereocenters. The monoisotopic (exact) mass is 250 g/mol. The van der Waals surface area contributed by atoms with Gasteiger partial charge in [0.05, 0.1) is 5.60 Å². The summed E-state index contributed by atoms with van der Waals surface area (Å²) in [6.07, 6.45) is 0.365. The van der Waals surface area contributed by atoms with Gasteiger partial charge in [-0.1, -0.05) is 30.3 Å². The molecule has 0 spiro atoms. The number of rotatable bonds is 5. The smallest absolute Gasteiger partial charge is 0.242 e. The Morgan fingerprint density at radius 3 is 2.22 bits per heavy atom. The van der Waals surface area contributed by atoms with E-state index in [9.17, 15) is 4.79 Å². The van der Waals surface area contributed by atoms with Gasteiger partial charge in [0.2, 0.25) is 5.91 Å². The van der Waals surface area contributed by atoms with Crippen LogP contribution < -0.4 is 11.5 Å². The average molecular weight is 250 g/mol. The molecule has 0 aliphatic carbocycles. The van der Waals surface area contributed by atoms with E-state index in [4.69, 9.17) is 16.2 Å². The highest BCUT2D eigenvalue weighted by molar-refractivity contribution is 5.85. The Kier molecular flexibility index (Phi) is 4.48. The summed E-state index contributed by atoms with van der Waals surface area (Å²) < 4.78 is 5.61. The van der Waals surface area contributed by atoms with Crippen molar-refractivity contribution in [2.75, 3.05) is 6.61 Å². The number of amides is 1. The predicted molar refractivity (Wildman–Crippen MR) is 71.8 cm³/mol. The molecular weight excluding hydrogens is 228 g/mol. The molecule has 1 atom stereocenters. The minimum Gasteiger partial charge on any atom is -0.376 e. The van der Waals surface area contributed by atoms with Crippen LogP contribution in [-0.4, -0.2) is 18.1 Å². The van der Waals surface area contributed by atoms with Crippen LogP contribution in [0.5, 0.6) is 0 Å². The van der Waals surface area contributed by atoms with Crippen LogP contribution in [-0.2, 0) is 15.1 Å². The average Bonchev–Trinajstić information content (AvgIpc) is 2.28.